The molecule has 2 rings (SSSR count). The Bertz CT molecular complexity index is 617. The molecule has 0 saturated carbocycles. The first-order chi connectivity index (χ1) is 10.2. The van der Waals surface area contributed by atoms with Gasteiger partial charge in [-0.25, -0.2) is 0 Å². The van der Waals surface area contributed by atoms with Gasteiger partial charge in [0.25, 0.3) is 0 Å². The molecular formula is C16H20N2O2Te. The van der Waals surface area contributed by atoms with Gasteiger partial charge in [-0.2, -0.15) is 0 Å². The Morgan fingerprint density at radius 1 is 0.952 bits per heavy atom. The molecule has 0 aromatic heterocycles. The van der Waals surface area contributed by atoms with E-state index in [4.69, 9.17) is 20.9 Å². The summed E-state index contributed by atoms with van der Waals surface area (Å²) < 4.78 is 13.7. The van der Waals surface area contributed by atoms with Gasteiger partial charge in [-0.15, -0.1) is 0 Å². The van der Waals surface area contributed by atoms with Gasteiger partial charge in [-0.3, -0.25) is 0 Å². The van der Waals surface area contributed by atoms with Crippen LogP contribution >= 0.6 is 0 Å². The van der Waals surface area contributed by atoms with Crippen LogP contribution in [0.3, 0.4) is 0 Å². The molecule has 0 bridgehead atoms. The third-order valence-corrected chi connectivity index (χ3v) is 5.75. The van der Waals surface area contributed by atoms with Gasteiger partial charge in [-0.05, 0) is 0 Å². The van der Waals surface area contributed by atoms with Crippen LogP contribution in [0.5, 0.6) is 11.5 Å². The quantitative estimate of drug-likeness (QED) is 0.567. The summed E-state index contributed by atoms with van der Waals surface area (Å²) in [6.07, 6.45) is 0. The first kappa shape index (κ1) is 15.8. The van der Waals surface area contributed by atoms with Gasteiger partial charge in [0.05, 0.1) is 0 Å². The SMILES string of the molecule is CCOc1cc([Te]c2cccc(N)c2OCC)ccc1N. The number of rotatable bonds is 6. The molecule has 5 heteroatoms. The van der Waals surface area contributed by atoms with E-state index < -0.39 is 20.9 Å². The summed E-state index contributed by atoms with van der Waals surface area (Å²) in [5.74, 6) is 1.57. The number of nitrogens with two attached hydrogens (primary N) is 2. The van der Waals surface area contributed by atoms with Crippen molar-refractivity contribution < 1.29 is 9.47 Å². The third-order valence-electron chi connectivity index (χ3n) is 2.81. The Balaban J connectivity index is 2.30. The van der Waals surface area contributed by atoms with Gasteiger partial charge in [0.2, 0.25) is 0 Å². The van der Waals surface area contributed by atoms with Crippen molar-refractivity contribution in [3.8, 4) is 11.5 Å². The van der Waals surface area contributed by atoms with Crippen LogP contribution < -0.4 is 28.2 Å². The van der Waals surface area contributed by atoms with Crippen molar-refractivity contribution in [3.63, 3.8) is 0 Å². The second-order valence-corrected chi connectivity index (χ2v) is 7.53. The first-order valence-corrected chi connectivity index (χ1v) is 9.20. The van der Waals surface area contributed by atoms with Crippen molar-refractivity contribution in [1.29, 1.82) is 0 Å². The fourth-order valence-corrected chi connectivity index (χ4v) is 4.67. The molecule has 0 aliphatic rings. The number of para-hydroxylation sites is 1. The van der Waals surface area contributed by atoms with Crippen LogP contribution in [0.2, 0.25) is 0 Å². The number of hydrogen-bond acceptors (Lipinski definition) is 4. The number of nitrogen functional groups attached to an aromatic ring is 2. The van der Waals surface area contributed by atoms with Crippen molar-refractivity contribution in [1.82, 2.24) is 0 Å². The van der Waals surface area contributed by atoms with Gasteiger partial charge in [0, 0.05) is 0 Å². The van der Waals surface area contributed by atoms with E-state index in [1.165, 1.54) is 7.22 Å². The zero-order valence-electron chi connectivity index (χ0n) is 12.3. The van der Waals surface area contributed by atoms with E-state index in [9.17, 15) is 0 Å². The van der Waals surface area contributed by atoms with Crippen molar-refractivity contribution >= 4 is 39.5 Å². The summed E-state index contributed by atoms with van der Waals surface area (Å²) in [7, 11) is 0. The topological polar surface area (TPSA) is 70.5 Å². The fourth-order valence-electron chi connectivity index (χ4n) is 1.90. The molecule has 0 heterocycles. The summed E-state index contributed by atoms with van der Waals surface area (Å²) in [5, 5.41) is 0. The molecule has 0 aliphatic carbocycles. The van der Waals surface area contributed by atoms with E-state index in [1.54, 1.807) is 0 Å². The van der Waals surface area contributed by atoms with E-state index >= 15 is 0 Å². The summed E-state index contributed by atoms with van der Waals surface area (Å²) in [5.41, 5.74) is 13.3. The van der Waals surface area contributed by atoms with E-state index in [0.717, 1.165) is 11.5 Å². The van der Waals surface area contributed by atoms with Crippen LogP contribution in [0.1, 0.15) is 13.8 Å². The Morgan fingerprint density at radius 3 is 2.43 bits per heavy atom. The van der Waals surface area contributed by atoms with E-state index in [2.05, 4.69) is 12.1 Å². The molecule has 4 N–H and O–H groups in total. The van der Waals surface area contributed by atoms with Crippen LogP contribution in [0.15, 0.2) is 36.4 Å². The Hall–Kier alpha value is -1.57. The predicted octanol–water partition coefficient (Wildman–Crippen LogP) is 1.30. The van der Waals surface area contributed by atoms with Crippen LogP contribution in [0.25, 0.3) is 0 Å². The number of anilines is 2. The van der Waals surface area contributed by atoms with Gasteiger partial charge >= 0.3 is 135 Å². The number of benzene rings is 2. The fraction of sp³-hybridized carbons (Fsp3) is 0.250. The molecule has 2 aromatic rings. The maximum absolute atomic E-state index is 6.01. The van der Waals surface area contributed by atoms with Crippen molar-refractivity contribution in [2.75, 3.05) is 24.7 Å². The maximum atomic E-state index is 6.01. The Morgan fingerprint density at radius 2 is 1.71 bits per heavy atom. The molecule has 21 heavy (non-hydrogen) atoms. The van der Waals surface area contributed by atoms with Crippen molar-refractivity contribution in [2.45, 2.75) is 13.8 Å². The molecule has 0 saturated heterocycles. The predicted molar refractivity (Wildman–Crippen MR) is 89.1 cm³/mol. The number of hydrogen-bond donors (Lipinski definition) is 2. The third kappa shape index (κ3) is 3.96. The summed E-state index contributed by atoms with van der Waals surface area (Å²) in [6.45, 7) is 5.14. The van der Waals surface area contributed by atoms with E-state index in [-0.39, 0.29) is 0 Å². The summed E-state index contributed by atoms with van der Waals surface area (Å²) in [4.78, 5) is 0. The molecule has 0 atom stereocenters. The van der Waals surface area contributed by atoms with Gasteiger partial charge in [0.1, 0.15) is 0 Å². The molecule has 0 amide bonds. The second-order valence-electron chi connectivity index (χ2n) is 4.34. The first-order valence-electron chi connectivity index (χ1n) is 6.87. The standard InChI is InChI=1S/C16H20N2O2Te/c1-3-19-14-10-11(8-9-12(14)17)21-15-7-5-6-13(18)16(15)20-4-2/h5-10H,3-4,17-18H2,1-2H3. The van der Waals surface area contributed by atoms with E-state index in [1.807, 2.05) is 38.1 Å². The summed E-state index contributed by atoms with van der Waals surface area (Å²) in [6, 6.07) is 11.9. The Kier molecular flexibility index (Phi) is 5.60. The molecular weight excluding hydrogens is 380 g/mol. The molecule has 0 unspecified atom stereocenters. The van der Waals surface area contributed by atoms with Crippen LogP contribution in [-0.2, 0) is 0 Å². The zero-order chi connectivity index (χ0) is 15.2. The van der Waals surface area contributed by atoms with Crippen LogP contribution in [0, 0.1) is 0 Å². The molecule has 4 nitrogen and oxygen atoms in total. The zero-order valence-corrected chi connectivity index (χ0v) is 14.6. The second kappa shape index (κ2) is 7.44. The molecule has 0 fully saturated rings. The average Bonchev–Trinajstić information content (AvgIpc) is 2.46. The minimum absolute atomic E-state index is 0.608. The normalized spacial score (nSPS) is 10.4. The minimum atomic E-state index is -0.609. The van der Waals surface area contributed by atoms with E-state index in [0.29, 0.717) is 24.6 Å². The van der Waals surface area contributed by atoms with Crippen LogP contribution in [0.4, 0.5) is 11.4 Å². The van der Waals surface area contributed by atoms with Crippen molar-refractivity contribution in [2.24, 2.45) is 0 Å². The average molecular weight is 400 g/mol. The Labute approximate surface area is 135 Å². The molecule has 2 aromatic carbocycles. The molecule has 0 aliphatic heterocycles. The van der Waals surface area contributed by atoms with Gasteiger partial charge in [0.15, 0.2) is 0 Å². The number of ether oxygens (including phenoxy) is 2. The monoisotopic (exact) mass is 402 g/mol. The van der Waals surface area contributed by atoms with Crippen molar-refractivity contribution in [3.05, 3.63) is 36.4 Å². The molecule has 112 valence electrons. The van der Waals surface area contributed by atoms with Gasteiger partial charge in [-0.1, -0.05) is 0 Å². The molecule has 0 radical (unpaired) electrons. The van der Waals surface area contributed by atoms with Gasteiger partial charge < -0.3 is 0 Å². The van der Waals surface area contributed by atoms with Crippen LogP contribution in [-0.4, -0.2) is 34.1 Å². The summed E-state index contributed by atoms with van der Waals surface area (Å²) >= 11 is -0.609. The molecule has 0 spiro atoms.